The summed E-state index contributed by atoms with van der Waals surface area (Å²) in [5, 5.41) is 1.34. The highest BCUT2D eigenvalue weighted by Gasteiger charge is 2.24. The number of nitrogens with one attached hydrogen (secondary N) is 1. The van der Waals surface area contributed by atoms with Crippen molar-refractivity contribution in [3.8, 4) is 5.75 Å². The quantitative estimate of drug-likeness (QED) is 0.731. The Labute approximate surface area is 149 Å². The largest absolute Gasteiger partial charge is 0.489 e. The number of aromatic nitrogens is 1. The van der Waals surface area contributed by atoms with Crippen LogP contribution in [0.2, 0.25) is 0 Å². The van der Waals surface area contributed by atoms with E-state index in [1.54, 1.807) is 0 Å². The van der Waals surface area contributed by atoms with Crippen LogP contribution >= 0.6 is 0 Å². The van der Waals surface area contributed by atoms with E-state index in [0.29, 0.717) is 12.5 Å². The summed E-state index contributed by atoms with van der Waals surface area (Å²) in [5.74, 6) is 1.56. The van der Waals surface area contributed by atoms with E-state index in [2.05, 4.69) is 66.4 Å². The molecule has 1 unspecified atom stereocenters. The molecule has 0 fully saturated rings. The van der Waals surface area contributed by atoms with Gasteiger partial charge in [0, 0.05) is 29.1 Å². The summed E-state index contributed by atoms with van der Waals surface area (Å²) >= 11 is 0. The van der Waals surface area contributed by atoms with E-state index in [4.69, 9.17) is 4.74 Å². The van der Waals surface area contributed by atoms with Crippen LogP contribution in [0.3, 0.4) is 0 Å². The van der Waals surface area contributed by atoms with E-state index in [0.717, 1.165) is 12.3 Å². The molecule has 0 spiro atoms. The number of benzene rings is 2. The van der Waals surface area contributed by atoms with Gasteiger partial charge in [-0.3, -0.25) is 0 Å². The minimum atomic E-state index is 0.611. The topological polar surface area (TPSA) is 28.3 Å². The summed E-state index contributed by atoms with van der Waals surface area (Å²) in [4.78, 5) is 5.98. The van der Waals surface area contributed by atoms with Crippen LogP contribution in [-0.4, -0.2) is 30.5 Å². The van der Waals surface area contributed by atoms with Crippen LogP contribution < -0.4 is 4.74 Å². The van der Waals surface area contributed by atoms with E-state index in [1.807, 2.05) is 6.07 Å². The van der Waals surface area contributed by atoms with Gasteiger partial charge < -0.3 is 14.6 Å². The average Bonchev–Trinajstić information content (AvgIpc) is 3.00. The molecule has 1 aromatic heterocycles. The lowest BCUT2D eigenvalue weighted by atomic mass is 9.86. The molecule has 0 saturated heterocycles. The minimum absolute atomic E-state index is 0.611. The van der Waals surface area contributed by atoms with Gasteiger partial charge in [-0.25, -0.2) is 0 Å². The fourth-order valence-electron chi connectivity index (χ4n) is 3.99. The van der Waals surface area contributed by atoms with Crippen molar-refractivity contribution in [2.24, 2.45) is 0 Å². The van der Waals surface area contributed by atoms with E-state index in [-0.39, 0.29) is 0 Å². The summed E-state index contributed by atoms with van der Waals surface area (Å²) in [6.07, 6.45) is 3.71. The number of H-pyrrole nitrogens is 1. The number of hydrogen-bond donors (Lipinski definition) is 1. The van der Waals surface area contributed by atoms with Gasteiger partial charge in [0.2, 0.25) is 0 Å². The first kappa shape index (κ1) is 16.2. The van der Waals surface area contributed by atoms with E-state index < -0.39 is 0 Å². The highest BCUT2D eigenvalue weighted by molar-refractivity contribution is 5.86. The molecule has 1 aliphatic rings. The van der Waals surface area contributed by atoms with E-state index in [9.17, 15) is 0 Å². The molecule has 0 bridgehead atoms. The second-order valence-electron chi connectivity index (χ2n) is 7.35. The second kappa shape index (κ2) is 6.93. The molecule has 1 N–H and O–H groups in total. The van der Waals surface area contributed by atoms with Gasteiger partial charge in [0.05, 0.1) is 0 Å². The Balaban J connectivity index is 1.60. The predicted molar refractivity (Wildman–Crippen MR) is 103 cm³/mol. The monoisotopic (exact) mass is 334 g/mol. The predicted octanol–water partition coefficient (Wildman–Crippen LogP) is 4.73. The molecule has 3 heteroatoms. The molecule has 1 aliphatic carbocycles. The van der Waals surface area contributed by atoms with Crippen LogP contribution in [-0.2, 0) is 13.0 Å². The van der Waals surface area contributed by atoms with Gasteiger partial charge in [-0.1, -0.05) is 30.3 Å². The SMILES string of the molecule is CN(C)CC1CCCc2c1[nH]c1ccc(OCc3ccccc3)cc21. The van der Waals surface area contributed by atoms with Crippen molar-refractivity contribution in [1.29, 1.82) is 0 Å². The second-order valence-corrected chi connectivity index (χ2v) is 7.35. The number of likely N-dealkylation sites (N-methyl/N-ethyl adjacent to an activating group) is 1. The number of hydrogen-bond acceptors (Lipinski definition) is 2. The summed E-state index contributed by atoms with van der Waals surface area (Å²) in [6, 6.07) is 16.8. The van der Waals surface area contributed by atoms with Crippen LogP contribution in [0.4, 0.5) is 0 Å². The van der Waals surface area contributed by atoms with Crippen molar-refractivity contribution in [1.82, 2.24) is 9.88 Å². The van der Waals surface area contributed by atoms with Crippen molar-refractivity contribution >= 4 is 10.9 Å². The lowest BCUT2D eigenvalue weighted by molar-refractivity contribution is 0.306. The van der Waals surface area contributed by atoms with Crippen LogP contribution in [0, 0.1) is 0 Å². The maximum atomic E-state index is 6.03. The van der Waals surface area contributed by atoms with Crippen molar-refractivity contribution in [3.05, 3.63) is 65.4 Å². The zero-order chi connectivity index (χ0) is 17.2. The maximum Gasteiger partial charge on any atom is 0.120 e. The third kappa shape index (κ3) is 3.42. The molecule has 3 nitrogen and oxygen atoms in total. The molecule has 1 heterocycles. The first-order valence-electron chi connectivity index (χ1n) is 9.16. The zero-order valence-corrected chi connectivity index (χ0v) is 15.1. The highest BCUT2D eigenvalue weighted by atomic mass is 16.5. The van der Waals surface area contributed by atoms with Crippen LogP contribution in [0.15, 0.2) is 48.5 Å². The number of rotatable bonds is 5. The Hall–Kier alpha value is -2.26. The molecule has 1 atom stereocenters. The van der Waals surface area contributed by atoms with Crippen molar-refractivity contribution in [2.45, 2.75) is 31.8 Å². The van der Waals surface area contributed by atoms with Crippen LogP contribution in [0.5, 0.6) is 5.75 Å². The van der Waals surface area contributed by atoms with Gasteiger partial charge >= 0.3 is 0 Å². The molecule has 0 aliphatic heterocycles. The number of fused-ring (bicyclic) bond motifs is 3. The third-order valence-electron chi connectivity index (χ3n) is 5.13. The molecular formula is C22H26N2O. The Morgan fingerprint density at radius 2 is 1.96 bits per heavy atom. The first-order valence-corrected chi connectivity index (χ1v) is 9.16. The third-order valence-corrected chi connectivity index (χ3v) is 5.13. The number of aryl methyl sites for hydroxylation is 1. The molecule has 2 aromatic carbocycles. The molecule has 0 saturated carbocycles. The lowest BCUT2D eigenvalue weighted by Gasteiger charge is -2.25. The fraction of sp³-hybridized carbons (Fsp3) is 0.364. The first-order chi connectivity index (χ1) is 12.2. The zero-order valence-electron chi connectivity index (χ0n) is 15.1. The van der Waals surface area contributed by atoms with Crippen LogP contribution in [0.25, 0.3) is 10.9 Å². The Kier molecular flexibility index (Phi) is 4.50. The number of aromatic amines is 1. The lowest BCUT2D eigenvalue weighted by Crippen LogP contribution is -2.23. The van der Waals surface area contributed by atoms with E-state index >= 15 is 0 Å². The number of ether oxygens (including phenoxy) is 1. The van der Waals surface area contributed by atoms with Gasteiger partial charge in [-0.15, -0.1) is 0 Å². The van der Waals surface area contributed by atoms with Crippen molar-refractivity contribution < 1.29 is 4.74 Å². The fourth-order valence-corrected chi connectivity index (χ4v) is 3.99. The Bertz CT molecular complexity index is 851. The molecule has 4 rings (SSSR count). The highest BCUT2D eigenvalue weighted by Crippen LogP contribution is 2.37. The standard InChI is InChI=1S/C22H26N2O/c1-24(2)14-17-9-6-10-19-20-13-18(11-12-21(20)23-22(17)19)25-15-16-7-4-3-5-8-16/h3-5,7-8,11-13,17,23H,6,9-10,14-15H2,1-2H3. The van der Waals surface area contributed by atoms with Crippen LogP contribution in [0.1, 0.15) is 35.6 Å². The summed E-state index contributed by atoms with van der Waals surface area (Å²) in [7, 11) is 4.32. The smallest absolute Gasteiger partial charge is 0.120 e. The maximum absolute atomic E-state index is 6.03. The van der Waals surface area contributed by atoms with Gasteiger partial charge in [-0.05, 0) is 62.7 Å². The average molecular weight is 334 g/mol. The summed E-state index contributed by atoms with van der Waals surface area (Å²) in [6.45, 7) is 1.72. The molecule has 0 radical (unpaired) electrons. The Morgan fingerprint density at radius 3 is 2.76 bits per heavy atom. The molecular weight excluding hydrogens is 308 g/mol. The van der Waals surface area contributed by atoms with Gasteiger partial charge in [0.1, 0.15) is 12.4 Å². The van der Waals surface area contributed by atoms with Crippen molar-refractivity contribution in [3.63, 3.8) is 0 Å². The van der Waals surface area contributed by atoms with Gasteiger partial charge in [0.25, 0.3) is 0 Å². The van der Waals surface area contributed by atoms with Gasteiger partial charge in [0.15, 0.2) is 0 Å². The summed E-state index contributed by atoms with van der Waals surface area (Å²) < 4.78 is 6.03. The van der Waals surface area contributed by atoms with Gasteiger partial charge in [-0.2, -0.15) is 0 Å². The molecule has 3 aromatic rings. The summed E-state index contributed by atoms with van der Waals surface area (Å²) in [5.41, 5.74) is 5.38. The minimum Gasteiger partial charge on any atom is -0.489 e. The molecule has 130 valence electrons. The normalized spacial score (nSPS) is 17.0. The molecule has 25 heavy (non-hydrogen) atoms. The van der Waals surface area contributed by atoms with Crippen molar-refractivity contribution in [2.75, 3.05) is 20.6 Å². The Morgan fingerprint density at radius 1 is 1.12 bits per heavy atom. The number of nitrogens with zero attached hydrogens (tertiary/aromatic N) is 1. The molecule has 0 amide bonds. The van der Waals surface area contributed by atoms with E-state index in [1.165, 1.54) is 47.0 Å².